The molecule has 0 fully saturated rings. The minimum absolute atomic E-state index is 0.159. The van der Waals surface area contributed by atoms with E-state index < -0.39 is 5.41 Å². The lowest BCUT2D eigenvalue weighted by molar-refractivity contribution is -0.123. The van der Waals surface area contributed by atoms with Crippen molar-refractivity contribution in [1.82, 2.24) is 4.98 Å². The van der Waals surface area contributed by atoms with Gasteiger partial charge in [-0.2, -0.15) is 0 Å². The molecule has 0 atom stereocenters. The van der Waals surface area contributed by atoms with Crippen molar-refractivity contribution in [3.8, 4) is 0 Å². The van der Waals surface area contributed by atoms with Gasteiger partial charge in [-0.05, 0) is 32.4 Å². The van der Waals surface area contributed by atoms with Gasteiger partial charge in [-0.1, -0.05) is 11.6 Å². The zero-order chi connectivity index (χ0) is 12.3. The number of carbonyl (C=O) groups excluding carboxylic acids is 1. The lowest BCUT2D eigenvalue weighted by atomic mass is 9.92. The smallest absolute Gasteiger partial charge is 0.231 e. The predicted molar refractivity (Wildman–Crippen MR) is 65.4 cm³/mol. The molecule has 0 radical (unpaired) electrons. The van der Waals surface area contributed by atoms with Crippen molar-refractivity contribution in [2.75, 3.05) is 11.9 Å². The molecule has 0 aliphatic carbocycles. The Balaban J connectivity index is 2.94. The average Bonchev–Trinajstić information content (AvgIpc) is 2.23. The molecule has 1 amide bonds. The number of amides is 1. The second-order valence-corrected chi connectivity index (χ2v) is 4.69. The van der Waals surface area contributed by atoms with Crippen molar-refractivity contribution in [3.05, 3.63) is 23.0 Å². The number of aromatic nitrogens is 1. The second-order valence-electron chi connectivity index (χ2n) is 4.34. The van der Waals surface area contributed by atoms with Crippen LogP contribution in [0.1, 0.15) is 19.4 Å². The number of anilines is 1. The van der Waals surface area contributed by atoms with Crippen LogP contribution < -0.4 is 11.1 Å². The monoisotopic (exact) mass is 241 g/mol. The quantitative estimate of drug-likeness (QED) is 0.795. The Kier molecular flexibility index (Phi) is 3.88. The highest BCUT2D eigenvalue weighted by atomic mass is 35.5. The first kappa shape index (κ1) is 12.9. The molecule has 1 aromatic rings. The predicted octanol–water partition coefficient (Wildman–Crippen LogP) is 1.97. The first-order chi connectivity index (χ1) is 7.38. The maximum atomic E-state index is 11.9. The summed E-state index contributed by atoms with van der Waals surface area (Å²) in [7, 11) is 0. The number of halogens is 1. The van der Waals surface area contributed by atoms with E-state index in [0.717, 1.165) is 5.56 Å². The first-order valence-electron chi connectivity index (χ1n) is 5.01. The highest BCUT2D eigenvalue weighted by molar-refractivity contribution is 6.32. The second kappa shape index (κ2) is 4.80. The van der Waals surface area contributed by atoms with Crippen LogP contribution in [0.3, 0.4) is 0 Å². The fourth-order valence-electron chi connectivity index (χ4n) is 1.05. The number of hydrogen-bond acceptors (Lipinski definition) is 3. The number of pyridine rings is 1. The number of nitrogens with one attached hydrogen (secondary N) is 1. The van der Waals surface area contributed by atoms with Crippen LogP contribution in [0.15, 0.2) is 12.3 Å². The van der Waals surface area contributed by atoms with Gasteiger partial charge in [-0.3, -0.25) is 4.79 Å². The Labute approximate surface area is 100 Å². The summed E-state index contributed by atoms with van der Waals surface area (Å²) in [6.45, 7) is 5.69. The molecule has 0 aromatic carbocycles. The first-order valence-corrected chi connectivity index (χ1v) is 5.39. The fraction of sp³-hybridized carbons (Fsp3) is 0.455. The summed E-state index contributed by atoms with van der Waals surface area (Å²) in [4.78, 5) is 15.8. The Hall–Kier alpha value is -1.13. The van der Waals surface area contributed by atoms with E-state index in [1.54, 1.807) is 26.1 Å². The van der Waals surface area contributed by atoms with Crippen LogP contribution in [0.2, 0.25) is 5.15 Å². The zero-order valence-electron chi connectivity index (χ0n) is 9.67. The SMILES string of the molecule is Cc1ccnc(Cl)c1NC(=O)C(C)(C)CN. The van der Waals surface area contributed by atoms with Crippen molar-refractivity contribution in [2.24, 2.45) is 11.1 Å². The molecule has 1 aromatic heterocycles. The summed E-state index contributed by atoms with van der Waals surface area (Å²) >= 11 is 5.91. The van der Waals surface area contributed by atoms with Crippen molar-refractivity contribution in [3.63, 3.8) is 0 Å². The van der Waals surface area contributed by atoms with Gasteiger partial charge < -0.3 is 11.1 Å². The summed E-state index contributed by atoms with van der Waals surface area (Å²) in [5.74, 6) is -0.159. The molecule has 1 rings (SSSR count). The Morgan fingerprint density at radius 2 is 2.25 bits per heavy atom. The van der Waals surface area contributed by atoms with Crippen LogP contribution in [0.25, 0.3) is 0 Å². The van der Waals surface area contributed by atoms with Crippen molar-refractivity contribution >= 4 is 23.2 Å². The normalized spacial score (nSPS) is 11.3. The van der Waals surface area contributed by atoms with E-state index in [2.05, 4.69) is 10.3 Å². The number of rotatable bonds is 3. The summed E-state index contributed by atoms with van der Waals surface area (Å²) in [5, 5.41) is 3.05. The third-order valence-corrected chi connectivity index (χ3v) is 2.76. The highest BCUT2D eigenvalue weighted by Gasteiger charge is 2.26. The van der Waals surface area contributed by atoms with E-state index in [4.69, 9.17) is 17.3 Å². The van der Waals surface area contributed by atoms with Gasteiger partial charge in [-0.25, -0.2) is 4.98 Å². The fourth-order valence-corrected chi connectivity index (χ4v) is 1.30. The van der Waals surface area contributed by atoms with Crippen LogP contribution in [-0.2, 0) is 4.79 Å². The van der Waals surface area contributed by atoms with Crippen molar-refractivity contribution < 1.29 is 4.79 Å². The molecular formula is C11H16ClN3O. The van der Waals surface area contributed by atoms with Gasteiger partial charge in [0.15, 0.2) is 5.15 Å². The summed E-state index contributed by atoms with van der Waals surface area (Å²) < 4.78 is 0. The topological polar surface area (TPSA) is 68.0 Å². The van der Waals surface area contributed by atoms with Gasteiger partial charge >= 0.3 is 0 Å². The Morgan fingerprint density at radius 1 is 1.62 bits per heavy atom. The molecule has 5 heteroatoms. The van der Waals surface area contributed by atoms with E-state index in [9.17, 15) is 4.79 Å². The maximum absolute atomic E-state index is 11.9. The van der Waals surface area contributed by atoms with Gasteiger partial charge in [0.2, 0.25) is 5.91 Å². The van der Waals surface area contributed by atoms with Crippen molar-refractivity contribution in [2.45, 2.75) is 20.8 Å². The van der Waals surface area contributed by atoms with E-state index in [-0.39, 0.29) is 12.5 Å². The molecule has 0 spiro atoms. The number of nitrogens with two attached hydrogens (primary N) is 1. The number of carbonyl (C=O) groups is 1. The molecule has 0 saturated carbocycles. The molecule has 0 saturated heterocycles. The van der Waals surface area contributed by atoms with Gasteiger partial charge in [0.05, 0.1) is 11.1 Å². The van der Waals surface area contributed by atoms with Crippen LogP contribution in [0, 0.1) is 12.3 Å². The van der Waals surface area contributed by atoms with Crippen LogP contribution in [0.4, 0.5) is 5.69 Å². The van der Waals surface area contributed by atoms with Gasteiger partial charge in [0, 0.05) is 12.7 Å². The Bertz CT molecular complexity index is 384. The summed E-state index contributed by atoms with van der Waals surface area (Å²) in [6.07, 6.45) is 1.60. The van der Waals surface area contributed by atoms with Crippen LogP contribution in [0.5, 0.6) is 0 Å². The van der Waals surface area contributed by atoms with E-state index in [0.29, 0.717) is 10.8 Å². The number of nitrogens with zero attached hydrogens (tertiary/aromatic N) is 1. The largest absolute Gasteiger partial charge is 0.329 e. The minimum Gasteiger partial charge on any atom is -0.329 e. The van der Waals surface area contributed by atoms with Gasteiger partial charge in [0.1, 0.15) is 0 Å². The lowest BCUT2D eigenvalue weighted by Crippen LogP contribution is -2.37. The van der Waals surface area contributed by atoms with Crippen LogP contribution in [-0.4, -0.2) is 17.4 Å². The molecule has 1 heterocycles. The third-order valence-electron chi connectivity index (χ3n) is 2.48. The van der Waals surface area contributed by atoms with Gasteiger partial charge in [0.25, 0.3) is 0 Å². The molecule has 88 valence electrons. The van der Waals surface area contributed by atoms with E-state index in [1.807, 2.05) is 6.92 Å². The highest BCUT2D eigenvalue weighted by Crippen LogP contribution is 2.25. The van der Waals surface area contributed by atoms with Crippen molar-refractivity contribution in [1.29, 1.82) is 0 Å². The van der Waals surface area contributed by atoms with E-state index in [1.165, 1.54) is 0 Å². The average molecular weight is 242 g/mol. The molecule has 0 bridgehead atoms. The van der Waals surface area contributed by atoms with Crippen LogP contribution >= 0.6 is 11.6 Å². The standard InChI is InChI=1S/C11H16ClN3O/c1-7-4-5-14-9(12)8(7)15-10(16)11(2,3)6-13/h4-5H,6,13H2,1-3H3,(H,15,16). The molecule has 3 N–H and O–H groups in total. The molecule has 0 aliphatic rings. The summed E-state index contributed by atoms with van der Waals surface area (Å²) in [5.41, 5.74) is 6.34. The number of aryl methyl sites for hydroxylation is 1. The Morgan fingerprint density at radius 3 is 2.75 bits per heavy atom. The molecular weight excluding hydrogens is 226 g/mol. The zero-order valence-corrected chi connectivity index (χ0v) is 10.4. The molecule has 16 heavy (non-hydrogen) atoms. The molecule has 4 nitrogen and oxygen atoms in total. The number of hydrogen-bond donors (Lipinski definition) is 2. The minimum atomic E-state index is -0.619. The molecule has 0 aliphatic heterocycles. The van der Waals surface area contributed by atoms with Gasteiger partial charge in [-0.15, -0.1) is 0 Å². The lowest BCUT2D eigenvalue weighted by Gasteiger charge is -2.22. The summed E-state index contributed by atoms with van der Waals surface area (Å²) in [6, 6.07) is 1.79. The maximum Gasteiger partial charge on any atom is 0.231 e. The van der Waals surface area contributed by atoms with E-state index >= 15 is 0 Å². The third kappa shape index (κ3) is 2.71. The molecule has 0 unspecified atom stereocenters.